The van der Waals surface area contributed by atoms with Gasteiger partial charge in [-0.25, -0.2) is 4.39 Å². The highest BCUT2D eigenvalue weighted by molar-refractivity contribution is 14.1. The summed E-state index contributed by atoms with van der Waals surface area (Å²) in [5, 5.41) is 0. The van der Waals surface area contributed by atoms with Gasteiger partial charge in [0.2, 0.25) is 0 Å². The molecular formula is C19H26F11I. The Morgan fingerprint density at radius 1 is 0.548 bits per heavy atom. The maximum Gasteiger partial charge on any atom is 0.384 e. The third-order valence-electron chi connectivity index (χ3n) is 5.99. The Bertz CT molecular complexity index is 561. The van der Waals surface area contributed by atoms with Gasteiger partial charge in [-0.1, -0.05) is 87.8 Å². The Kier molecular flexibility index (Phi) is 9.05. The van der Waals surface area contributed by atoms with E-state index in [1.54, 1.807) is 0 Å². The summed E-state index contributed by atoms with van der Waals surface area (Å²) in [6, 6.07) is 0. The average molecular weight is 590 g/mol. The molecule has 0 amide bonds. The van der Waals surface area contributed by atoms with Crippen molar-refractivity contribution in [1.82, 2.24) is 0 Å². The van der Waals surface area contributed by atoms with Gasteiger partial charge in [-0.3, -0.25) is 0 Å². The molecule has 0 aromatic carbocycles. The summed E-state index contributed by atoms with van der Waals surface area (Å²) >= 11 is 1.24. The number of hydrogen-bond acceptors (Lipinski definition) is 0. The highest BCUT2D eigenvalue weighted by Crippen LogP contribution is 2.71. The molecule has 12 heteroatoms. The molecule has 0 aliphatic heterocycles. The van der Waals surface area contributed by atoms with E-state index in [2.05, 4.69) is 0 Å². The fourth-order valence-corrected chi connectivity index (χ4v) is 4.73. The highest BCUT2D eigenvalue weighted by atomic mass is 127. The first-order valence-corrected chi connectivity index (χ1v) is 11.4. The fraction of sp³-hybridized carbons (Fsp3) is 1.00. The number of hydrogen-bond donors (Lipinski definition) is 0. The molecule has 0 aromatic rings. The minimum Gasteiger partial charge on any atom is -0.230 e. The van der Waals surface area contributed by atoms with Gasteiger partial charge in [0.05, 0.1) is 0 Å². The monoisotopic (exact) mass is 590 g/mol. The van der Waals surface area contributed by atoms with Crippen molar-refractivity contribution in [2.24, 2.45) is 5.92 Å². The zero-order chi connectivity index (χ0) is 24.5. The first-order valence-electron chi connectivity index (χ1n) is 10.1. The van der Waals surface area contributed by atoms with Crippen LogP contribution in [0.5, 0.6) is 0 Å². The molecule has 0 aromatic heterocycles. The van der Waals surface area contributed by atoms with Crippen LogP contribution in [0.15, 0.2) is 0 Å². The van der Waals surface area contributed by atoms with Gasteiger partial charge < -0.3 is 0 Å². The van der Waals surface area contributed by atoms with E-state index in [0.717, 1.165) is 32.1 Å². The van der Waals surface area contributed by atoms with Crippen LogP contribution in [0.4, 0.5) is 48.3 Å². The molecule has 2 atom stereocenters. The summed E-state index contributed by atoms with van der Waals surface area (Å²) in [6.45, 7) is 2.38. The molecule has 1 aliphatic rings. The topological polar surface area (TPSA) is 0 Å². The molecule has 0 heterocycles. The van der Waals surface area contributed by atoms with Crippen LogP contribution in [0.2, 0.25) is 0 Å². The molecule has 186 valence electrons. The Hall–Kier alpha value is -0.0400. The lowest BCUT2D eigenvalue weighted by atomic mass is 9.66. The highest BCUT2D eigenvalue weighted by Gasteiger charge is 3.01. The third kappa shape index (κ3) is 4.28. The van der Waals surface area contributed by atoms with E-state index in [-0.39, 0.29) is 12.8 Å². The molecule has 1 rings (SSSR count). The molecule has 31 heavy (non-hydrogen) atoms. The molecule has 0 N–H and O–H groups in total. The van der Waals surface area contributed by atoms with Crippen molar-refractivity contribution in [1.29, 1.82) is 0 Å². The Morgan fingerprint density at radius 2 is 0.871 bits per heavy atom. The maximum absolute atomic E-state index is 15.1. The molecule has 2 unspecified atom stereocenters. The average Bonchev–Trinajstić information content (AvgIpc) is 2.66. The predicted octanol–water partition coefficient (Wildman–Crippen LogP) is 8.86. The lowest BCUT2D eigenvalue weighted by Gasteiger charge is -2.55. The molecule has 1 aliphatic carbocycles. The van der Waals surface area contributed by atoms with Crippen LogP contribution < -0.4 is 0 Å². The van der Waals surface area contributed by atoms with Crippen LogP contribution in [-0.2, 0) is 0 Å². The van der Waals surface area contributed by atoms with Gasteiger partial charge in [-0.2, -0.15) is 43.9 Å². The maximum atomic E-state index is 15.1. The second kappa shape index (κ2) is 9.68. The van der Waals surface area contributed by atoms with Crippen LogP contribution in [0.25, 0.3) is 0 Å². The van der Waals surface area contributed by atoms with E-state index in [1.165, 1.54) is 22.6 Å². The van der Waals surface area contributed by atoms with E-state index in [0.29, 0.717) is 19.8 Å². The van der Waals surface area contributed by atoms with Crippen LogP contribution in [0.3, 0.4) is 0 Å². The summed E-state index contributed by atoms with van der Waals surface area (Å²) in [7, 11) is 0. The van der Waals surface area contributed by atoms with Crippen molar-refractivity contribution in [2.45, 2.75) is 111 Å². The van der Waals surface area contributed by atoms with Crippen LogP contribution in [0.1, 0.15) is 71.6 Å². The van der Waals surface area contributed by atoms with Crippen molar-refractivity contribution in [3.63, 3.8) is 0 Å². The van der Waals surface area contributed by atoms with Crippen LogP contribution >= 0.6 is 22.6 Å². The molecule has 0 radical (unpaired) electrons. The van der Waals surface area contributed by atoms with E-state index < -0.39 is 45.1 Å². The van der Waals surface area contributed by atoms with Crippen molar-refractivity contribution in [3.8, 4) is 0 Å². The van der Waals surface area contributed by atoms with Gasteiger partial charge in [0.25, 0.3) is 5.67 Å². The SMILES string of the molecule is CCCCCCCCCCC(I)C(C)C1(F)C(F)(F)C(F)(F)C(F)(F)C(F)(F)C1(F)F. The molecule has 0 bridgehead atoms. The van der Waals surface area contributed by atoms with Gasteiger partial charge >= 0.3 is 29.6 Å². The normalized spacial score (nSPS) is 26.9. The van der Waals surface area contributed by atoms with E-state index in [9.17, 15) is 43.9 Å². The number of halogens is 12. The molecule has 1 saturated carbocycles. The van der Waals surface area contributed by atoms with Crippen LogP contribution in [-0.4, -0.2) is 39.2 Å². The summed E-state index contributed by atoms with van der Waals surface area (Å²) in [6.07, 6.45) is 6.14. The van der Waals surface area contributed by atoms with E-state index in [4.69, 9.17) is 0 Å². The zero-order valence-corrected chi connectivity index (χ0v) is 19.2. The van der Waals surface area contributed by atoms with Gasteiger partial charge in [-0.15, -0.1) is 0 Å². The fourth-order valence-electron chi connectivity index (χ4n) is 3.79. The minimum absolute atomic E-state index is 0.206. The molecule has 1 fully saturated rings. The van der Waals surface area contributed by atoms with Crippen LogP contribution in [0, 0.1) is 5.92 Å². The third-order valence-corrected chi connectivity index (χ3v) is 7.70. The molecule has 0 saturated heterocycles. The van der Waals surface area contributed by atoms with Gasteiger partial charge in [-0.05, 0) is 6.42 Å². The van der Waals surface area contributed by atoms with Gasteiger partial charge in [0, 0.05) is 9.84 Å². The molecular weight excluding hydrogens is 564 g/mol. The minimum atomic E-state index is -7.15. The van der Waals surface area contributed by atoms with Crippen molar-refractivity contribution < 1.29 is 48.3 Å². The first kappa shape index (κ1) is 29.0. The van der Waals surface area contributed by atoms with Gasteiger partial charge in [0.15, 0.2) is 0 Å². The largest absolute Gasteiger partial charge is 0.384 e. The Morgan fingerprint density at radius 3 is 1.26 bits per heavy atom. The summed E-state index contributed by atoms with van der Waals surface area (Å²) < 4.78 is 151. The van der Waals surface area contributed by atoms with E-state index in [1.807, 2.05) is 6.92 Å². The quantitative estimate of drug-likeness (QED) is 0.0977. The summed E-state index contributed by atoms with van der Waals surface area (Å²) in [5.74, 6) is -37.4. The number of unbranched alkanes of at least 4 members (excludes halogenated alkanes) is 7. The Labute approximate surface area is 187 Å². The predicted molar refractivity (Wildman–Crippen MR) is 103 cm³/mol. The van der Waals surface area contributed by atoms with E-state index >= 15 is 4.39 Å². The van der Waals surface area contributed by atoms with Gasteiger partial charge in [0.1, 0.15) is 0 Å². The summed E-state index contributed by atoms with van der Waals surface area (Å²) in [4.78, 5) is 0. The van der Waals surface area contributed by atoms with Crippen molar-refractivity contribution >= 4 is 22.6 Å². The smallest absolute Gasteiger partial charge is 0.230 e. The second-order valence-electron chi connectivity index (χ2n) is 8.15. The molecule has 0 spiro atoms. The second-order valence-corrected chi connectivity index (χ2v) is 9.75. The zero-order valence-electron chi connectivity index (χ0n) is 17.1. The first-order chi connectivity index (χ1) is 13.9. The standard InChI is InChI=1S/C19H26F11I/c1-3-4-5-6-7-8-9-10-11-13(31)12(2)14(20)15(21,22)17(25,26)19(29,30)18(27,28)16(14,23)24/h12-13H,3-11H2,1-2H3. The lowest BCUT2D eigenvalue weighted by molar-refractivity contribution is -0.490. The number of alkyl halides is 12. The summed E-state index contributed by atoms with van der Waals surface area (Å²) in [5.41, 5.74) is -5.89. The molecule has 0 nitrogen and oxygen atoms in total. The van der Waals surface area contributed by atoms with Crippen molar-refractivity contribution in [2.75, 3.05) is 0 Å². The number of rotatable bonds is 11. The Balaban J connectivity index is 3.01. The lowest BCUT2D eigenvalue weighted by Crippen LogP contribution is -2.85. The van der Waals surface area contributed by atoms with Crippen molar-refractivity contribution in [3.05, 3.63) is 0 Å².